The third-order valence-corrected chi connectivity index (χ3v) is 3.15. The number of ether oxygens (including phenoxy) is 1. The molecule has 0 unspecified atom stereocenters. The molecule has 0 heterocycles. The molecule has 0 aromatic heterocycles. The molecule has 0 N–H and O–H groups in total. The molecule has 0 saturated heterocycles. The maximum Gasteiger partial charge on any atom is 0.302 e. The molecule has 0 aromatic carbocycles. The third kappa shape index (κ3) is 5.34. The van der Waals surface area contributed by atoms with Crippen molar-refractivity contribution in [3.63, 3.8) is 0 Å². The lowest BCUT2D eigenvalue weighted by atomic mass is 9.87. The molecule has 92 valence electrons. The van der Waals surface area contributed by atoms with Gasteiger partial charge in [0.15, 0.2) is 0 Å². The average molecular weight is 224 g/mol. The maximum atomic E-state index is 10.8. The molecule has 0 amide bonds. The SMILES string of the molecule is CCC/C(=C\C1CCCCC1)COC(C)=O. The summed E-state index contributed by atoms with van der Waals surface area (Å²) in [6.07, 6.45) is 11.3. The Morgan fingerprint density at radius 2 is 2.00 bits per heavy atom. The number of esters is 1. The minimum Gasteiger partial charge on any atom is -0.461 e. The zero-order valence-corrected chi connectivity index (χ0v) is 10.6. The molecule has 16 heavy (non-hydrogen) atoms. The summed E-state index contributed by atoms with van der Waals surface area (Å²) in [5.74, 6) is 0.552. The van der Waals surface area contributed by atoms with Crippen LogP contribution < -0.4 is 0 Å². The summed E-state index contributed by atoms with van der Waals surface area (Å²) in [5, 5.41) is 0. The van der Waals surface area contributed by atoms with E-state index in [1.54, 1.807) is 0 Å². The van der Waals surface area contributed by atoms with Gasteiger partial charge in [-0.25, -0.2) is 0 Å². The van der Waals surface area contributed by atoms with E-state index in [0.717, 1.165) is 18.8 Å². The van der Waals surface area contributed by atoms with Gasteiger partial charge in [0, 0.05) is 6.92 Å². The summed E-state index contributed by atoms with van der Waals surface area (Å²) < 4.78 is 5.09. The van der Waals surface area contributed by atoms with Crippen LogP contribution in [0.15, 0.2) is 11.6 Å². The van der Waals surface area contributed by atoms with E-state index in [9.17, 15) is 4.79 Å². The van der Waals surface area contributed by atoms with Crippen molar-refractivity contribution in [2.24, 2.45) is 5.92 Å². The number of carbonyl (C=O) groups excluding carboxylic acids is 1. The van der Waals surface area contributed by atoms with Crippen LogP contribution in [0.1, 0.15) is 58.8 Å². The van der Waals surface area contributed by atoms with E-state index in [0.29, 0.717) is 6.61 Å². The zero-order chi connectivity index (χ0) is 11.8. The predicted molar refractivity (Wildman–Crippen MR) is 66.2 cm³/mol. The highest BCUT2D eigenvalue weighted by molar-refractivity contribution is 5.66. The van der Waals surface area contributed by atoms with Gasteiger partial charge in [0.1, 0.15) is 6.61 Å². The van der Waals surface area contributed by atoms with E-state index in [2.05, 4.69) is 13.0 Å². The van der Waals surface area contributed by atoms with Gasteiger partial charge in [-0.1, -0.05) is 38.7 Å². The Morgan fingerprint density at radius 1 is 1.31 bits per heavy atom. The molecule has 0 aromatic rings. The summed E-state index contributed by atoms with van der Waals surface area (Å²) in [7, 11) is 0. The molecule has 2 nitrogen and oxygen atoms in total. The van der Waals surface area contributed by atoms with Crippen LogP contribution in [0.2, 0.25) is 0 Å². The smallest absolute Gasteiger partial charge is 0.302 e. The van der Waals surface area contributed by atoms with E-state index < -0.39 is 0 Å². The molecule has 1 aliphatic rings. The first-order valence-corrected chi connectivity index (χ1v) is 6.55. The Bertz CT molecular complexity index is 237. The molecule has 1 aliphatic carbocycles. The zero-order valence-electron chi connectivity index (χ0n) is 10.6. The minimum absolute atomic E-state index is 0.175. The monoisotopic (exact) mass is 224 g/mol. The Labute approximate surface area is 99.1 Å². The van der Waals surface area contributed by atoms with E-state index in [4.69, 9.17) is 4.74 Å². The number of allylic oxidation sites excluding steroid dienone is 1. The Hall–Kier alpha value is -0.790. The molecule has 0 aliphatic heterocycles. The van der Waals surface area contributed by atoms with Crippen molar-refractivity contribution in [3.05, 3.63) is 11.6 Å². The largest absolute Gasteiger partial charge is 0.461 e. The Kier molecular flexibility index (Phi) is 6.20. The average Bonchev–Trinajstić information content (AvgIpc) is 2.27. The van der Waals surface area contributed by atoms with Crippen LogP contribution in [0.5, 0.6) is 0 Å². The fourth-order valence-corrected chi connectivity index (χ4v) is 2.35. The first kappa shape index (κ1) is 13.3. The Morgan fingerprint density at radius 3 is 2.56 bits per heavy atom. The fraction of sp³-hybridized carbons (Fsp3) is 0.786. The molecule has 1 fully saturated rings. The lowest BCUT2D eigenvalue weighted by Crippen LogP contribution is -2.08. The molecule has 0 spiro atoms. The molecular formula is C14H24O2. The Balaban J connectivity index is 2.45. The van der Waals surface area contributed by atoms with Crippen LogP contribution in [0.25, 0.3) is 0 Å². The summed E-state index contributed by atoms with van der Waals surface area (Å²) >= 11 is 0. The van der Waals surface area contributed by atoms with Gasteiger partial charge in [-0.2, -0.15) is 0 Å². The molecule has 1 saturated carbocycles. The molecular weight excluding hydrogens is 200 g/mol. The lowest BCUT2D eigenvalue weighted by molar-refractivity contribution is -0.140. The van der Waals surface area contributed by atoms with Gasteiger partial charge < -0.3 is 4.74 Å². The first-order valence-electron chi connectivity index (χ1n) is 6.55. The van der Waals surface area contributed by atoms with Gasteiger partial charge in [-0.15, -0.1) is 0 Å². The van der Waals surface area contributed by atoms with Crippen LogP contribution in [-0.2, 0) is 9.53 Å². The number of carbonyl (C=O) groups is 1. The fourth-order valence-electron chi connectivity index (χ4n) is 2.35. The molecule has 0 atom stereocenters. The van der Waals surface area contributed by atoms with Crippen molar-refractivity contribution < 1.29 is 9.53 Å². The normalized spacial score (nSPS) is 18.5. The van der Waals surface area contributed by atoms with Crippen LogP contribution in [0, 0.1) is 5.92 Å². The maximum absolute atomic E-state index is 10.8. The third-order valence-electron chi connectivity index (χ3n) is 3.15. The second-order valence-corrected chi connectivity index (χ2v) is 4.75. The van der Waals surface area contributed by atoms with Gasteiger partial charge in [0.25, 0.3) is 0 Å². The van der Waals surface area contributed by atoms with Crippen LogP contribution in [-0.4, -0.2) is 12.6 Å². The quantitative estimate of drug-likeness (QED) is 0.523. The van der Waals surface area contributed by atoms with Gasteiger partial charge >= 0.3 is 5.97 Å². The lowest BCUT2D eigenvalue weighted by Gasteiger charge is -2.19. The highest BCUT2D eigenvalue weighted by Crippen LogP contribution is 2.26. The number of hydrogen-bond acceptors (Lipinski definition) is 2. The topological polar surface area (TPSA) is 26.3 Å². The first-order chi connectivity index (χ1) is 7.72. The minimum atomic E-state index is -0.175. The van der Waals surface area contributed by atoms with Crippen molar-refractivity contribution in [1.82, 2.24) is 0 Å². The standard InChI is InChI=1S/C14H24O2/c1-3-7-14(11-16-12(2)15)10-13-8-5-4-6-9-13/h10,13H,3-9,11H2,1-2H3/b14-10+. The van der Waals surface area contributed by atoms with E-state index in [-0.39, 0.29) is 5.97 Å². The van der Waals surface area contributed by atoms with Crippen LogP contribution in [0.3, 0.4) is 0 Å². The highest BCUT2D eigenvalue weighted by atomic mass is 16.5. The molecule has 0 bridgehead atoms. The van der Waals surface area contributed by atoms with Gasteiger partial charge in [0.05, 0.1) is 0 Å². The second kappa shape index (κ2) is 7.48. The highest BCUT2D eigenvalue weighted by Gasteiger charge is 2.12. The van der Waals surface area contributed by atoms with E-state index in [1.807, 2.05) is 0 Å². The molecule has 1 rings (SSSR count). The van der Waals surface area contributed by atoms with Crippen molar-refractivity contribution in [1.29, 1.82) is 0 Å². The second-order valence-electron chi connectivity index (χ2n) is 4.75. The van der Waals surface area contributed by atoms with E-state index in [1.165, 1.54) is 44.6 Å². The summed E-state index contributed by atoms with van der Waals surface area (Å²) in [6.45, 7) is 4.15. The van der Waals surface area contributed by atoms with Crippen molar-refractivity contribution >= 4 is 5.97 Å². The summed E-state index contributed by atoms with van der Waals surface area (Å²) in [6, 6.07) is 0. The number of rotatable bonds is 5. The number of hydrogen-bond donors (Lipinski definition) is 0. The van der Waals surface area contributed by atoms with Crippen LogP contribution >= 0.6 is 0 Å². The summed E-state index contributed by atoms with van der Waals surface area (Å²) in [5.41, 5.74) is 1.31. The van der Waals surface area contributed by atoms with Gasteiger partial charge in [0.2, 0.25) is 0 Å². The van der Waals surface area contributed by atoms with E-state index >= 15 is 0 Å². The molecule has 2 heteroatoms. The van der Waals surface area contributed by atoms with Gasteiger partial charge in [-0.3, -0.25) is 4.79 Å². The van der Waals surface area contributed by atoms with Crippen LogP contribution in [0.4, 0.5) is 0 Å². The molecule has 0 radical (unpaired) electrons. The van der Waals surface area contributed by atoms with Gasteiger partial charge in [-0.05, 0) is 30.8 Å². The predicted octanol–water partition coefficient (Wildman–Crippen LogP) is 3.86. The van der Waals surface area contributed by atoms with Crippen molar-refractivity contribution in [2.45, 2.75) is 58.8 Å². The summed E-state index contributed by atoms with van der Waals surface area (Å²) in [4.78, 5) is 10.8. The van der Waals surface area contributed by atoms with Crippen molar-refractivity contribution in [3.8, 4) is 0 Å². The van der Waals surface area contributed by atoms with Crippen molar-refractivity contribution in [2.75, 3.05) is 6.61 Å².